The number of hydrogen-bond donors (Lipinski definition) is 2. The van der Waals surface area contributed by atoms with Crippen molar-refractivity contribution in [2.75, 3.05) is 19.8 Å². The van der Waals surface area contributed by atoms with E-state index in [9.17, 15) is 14.7 Å². The van der Waals surface area contributed by atoms with Crippen LogP contribution in [0.2, 0.25) is 0 Å². The Kier molecular flexibility index (Phi) is 8.22. The topological polar surface area (TPSA) is 84.9 Å². The third-order valence-corrected chi connectivity index (χ3v) is 3.15. The standard InChI is InChI=1S/C14H25NO5/c1-2-3-4-5-8-19-9-11(16)10-20-14(18)12-6-7-13(17)15-12/h11-12,16H,2-10H2,1H3,(H,15,17)/t11?,12-/m0/s1. The summed E-state index contributed by atoms with van der Waals surface area (Å²) in [4.78, 5) is 22.5. The van der Waals surface area contributed by atoms with Gasteiger partial charge in [-0.3, -0.25) is 4.79 Å². The monoisotopic (exact) mass is 287 g/mol. The molecule has 6 heteroatoms. The van der Waals surface area contributed by atoms with Crippen LogP contribution in [0.25, 0.3) is 0 Å². The minimum Gasteiger partial charge on any atom is -0.461 e. The molecule has 0 bridgehead atoms. The molecule has 0 spiro atoms. The average molecular weight is 287 g/mol. The molecule has 1 rings (SSSR count). The van der Waals surface area contributed by atoms with Gasteiger partial charge in [-0.05, 0) is 12.8 Å². The maximum absolute atomic E-state index is 11.6. The maximum atomic E-state index is 11.6. The van der Waals surface area contributed by atoms with E-state index in [1.165, 1.54) is 12.8 Å². The minimum absolute atomic E-state index is 0.0971. The number of rotatable bonds is 10. The Morgan fingerprint density at radius 2 is 2.20 bits per heavy atom. The molecule has 2 N–H and O–H groups in total. The van der Waals surface area contributed by atoms with Crippen molar-refractivity contribution in [3.8, 4) is 0 Å². The lowest BCUT2D eigenvalue weighted by molar-refractivity contribution is -0.150. The van der Waals surface area contributed by atoms with Crippen LogP contribution in [-0.2, 0) is 19.1 Å². The van der Waals surface area contributed by atoms with Gasteiger partial charge in [0, 0.05) is 13.0 Å². The van der Waals surface area contributed by atoms with Gasteiger partial charge in [0.1, 0.15) is 18.8 Å². The first-order valence-electron chi connectivity index (χ1n) is 7.35. The largest absolute Gasteiger partial charge is 0.461 e. The summed E-state index contributed by atoms with van der Waals surface area (Å²) in [6.45, 7) is 2.83. The van der Waals surface area contributed by atoms with E-state index in [0.717, 1.165) is 12.8 Å². The van der Waals surface area contributed by atoms with Crippen LogP contribution in [-0.4, -0.2) is 48.9 Å². The third kappa shape index (κ3) is 6.86. The molecule has 0 aromatic carbocycles. The molecule has 2 atom stereocenters. The average Bonchev–Trinajstić information content (AvgIpc) is 2.86. The normalized spacial score (nSPS) is 19.7. The Hall–Kier alpha value is -1.14. The van der Waals surface area contributed by atoms with E-state index in [1.807, 2.05) is 0 Å². The number of amides is 1. The second-order valence-electron chi connectivity index (χ2n) is 5.08. The number of carbonyl (C=O) groups excluding carboxylic acids is 2. The Morgan fingerprint density at radius 3 is 2.85 bits per heavy atom. The van der Waals surface area contributed by atoms with Crippen molar-refractivity contribution >= 4 is 11.9 Å². The molecule has 0 aromatic rings. The molecule has 1 saturated heterocycles. The summed E-state index contributed by atoms with van der Waals surface area (Å²) in [5.74, 6) is -0.624. The second-order valence-corrected chi connectivity index (χ2v) is 5.08. The van der Waals surface area contributed by atoms with Gasteiger partial charge in [0.25, 0.3) is 0 Å². The number of carbonyl (C=O) groups is 2. The molecule has 1 heterocycles. The van der Waals surface area contributed by atoms with E-state index in [-0.39, 0.29) is 19.1 Å². The first-order chi connectivity index (χ1) is 9.63. The molecule has 116 valence electrons. The van der Waals surface area contributed by atoms with Gasteiger partial charge in [0.05, 0.1) is 6.61 Å². The molecule has 0 radical (unpaired) electrons. The van der Waals surface area contributed by atoms with Crippen molar-refractivity contribution in [3.63, 3.8) is 0 Å². The van der Waals surface area contributed by atoms with Crippen LogP contribution in [0, 0.1) is 0 Å². The highest BCUT2D eigenvalue weighted by atomic mass is 16.5. The lowest BCUT2D eigenvalue weighted by Gasteiger charge is -2.14. The fourth-order valence-corrected chi connectivity index (χ4v) is 1.97. The van der Waals surface area contributed by atoms with Crippen LogP contribution >= 0.6 is 0 Å². The predicted octanol–water partition coefficient (Wildman–Crippen LogP) is 0.766. The van der Waals surface area contributed by atoms with Gasteiger partial charge in [-0.15, -0.1) is 0 Å². The highest BCUT2D eigenvalue weighted by Crippen LogP contribution is 2.08. The Morgan fingerprint density at radius 1 is 1.40 bits per heavy atom. The molecule has 0 aromatic heterocycles. The predicted molar refractivity (Wildman–Crippen MR) is 73.1 cm³/mol. The first kappa shape index (κ1) is 16.9. The molecule has 6 nitrogen and oxygen atoms in total. The van der Waals surface area contributed by atoms with Gasteiger partial charge in [-0.25, -0.2) is 4.79 Å². The molecular weight excluding hydrogens is 262 g/mol. The molecule has 0 saturated carbocycles. The van der Waals surface area contributed by atoms with Gasteiger partial charge < -0.3 is 19.9 Å². The smallest absolute Gasteiger partial charge is 0.328 e. The van der Waals surface area contributed by atoms with Crippen molar-refractivity contribution in [1.82, 2.24) is 5.32 Å². The van der Waals surface area contributed by atoms with Crippen molar-refractivity contribution < 1.29 is 24.2 Å². The zero-order valence-electron chi connectivity index (χ0n) is 12.1. The zero-order valence-corrected chi connectivity index (χ0v) is 12.1. The number of unbranched alkanes of at least 4 members (excludes halogenated alkanes) is 3. The lowest BCUT2D eigenvalue weighted by atomic mass is 10.2. The van der Waals surface area contributed by atoms with Crippen LogP contribution in [0.4, 0.5) is 0 Å². The summed E-state index contributed by atoms with van der Waals surface area (Å²) in [7, 11) is 0. The van der Waals surface area contributed by atoms with Crippen LogP contribution in [0.3, 0.4) is 0 Å². The summed E-state index contributed by atoms with van der Waals surface area (Å²) in [6.07, 6.45) is 4.47. The number of ether oxygens (including phenoxy) is 2. The van der Waals surface area contributed by atoms with Gasteiger partial charge >= 0.3 is 5.97 Å². The van der Waals surface area contributed by atoms with E-state index in [0.29, 0.717) is 19.4 Å². The van der Waals surface area contributed by atoms with Crippen LogP contribution in [0.5, 0.6) is 0 Å². The summed E-state index contributed by atoms with van der Waals surface area (Å²) in [5, 5.41) is 12.1. The number of nitrogens with one attached hydrogen (secondary N) is 1. The molecule has 1 aliphatic heterocycles. The lowest BCUT2D eigenvalue weighted by Crippen LogP contribution is -2.36. The fourth-order valence-electron chi connectivity index (χ4n) is 1.97. The van der Waals surface area contributed by atoms with Crippen molar-refractivity contribution in [2.24, 2.45) is 0 Å². The van der Waals surface area contributed by atoms with Gasteiger partial charge in [-0.1, -0.05) is 26.2 Å². The fraction of sp³-hybridized carbons (Fsp3) is 0.857. The SMILES string of the molecule is CCCCCCOCC(O)COC(=O)[C@@H]1CCC(=O)N1. The zero-order chi connectivity index (χ0) is 14.8. The maximum Gasteiger partial charge on any atom is 0.328 e. The molecule has 1 aliphatic rings. The minimum atomic E-state index is -0.817. The van der Waals surface area contributed by atoms with Gasteiger partial charge in [-0.2, -0.15) is 0 Å². The molecule has 1 fully saturated rings. The van der Waals surface area contributed by atoms with Crippen LogP contribution < -0.4 is 5.32 Å². The summed E-state index contributed by atoms with van der Waals surface area (Å²) >= 11 is 0. The van der Waals surface area contributed by atoms with E-state index in [2.05, 4.69) is 12.2 Å². The summed E-state index contributed by atoms with van der Waals surface area (Å²) < 4.78 is 10.3. The van der Waals surface area contributed by atoms with E-state index < -0.39 is 18.1 Å². The van der Waals surface area contributed by atoms with Crippen molar-refractivity contribution in [3.05, 3.63) is 0 Å². The number of aliphatic hydroxyl groups is 1. The Bertz CT molecular complexity index is 308. The summed E-state index contributed by atoms with van der Waals surface area (Å²) in [5.41, 5.74) is 0. The Labute approximate surface area is 119 Å². The molecule has 0 aliphatic carbocycles. The highest BCUT2D eigenvalue weighted by Gasteiger charge is 2.28. The summed E-state index contributed by atoms with van der Waals surface area (Å²) in [6, 6.07) is -0.565. The van der Waals surface area contributed by atoms with E-state index >= 15 is 0 Å². The number of esters is 1. The number of hydrogen-bond acceptors (Lipinski definition) is 5. The molecule has 1 amide bonds. The van der Waals surface area contributed by atoms with Crippen molar-refractivity contribution in [1.29, 1.82) is 0 Å². The van der Waals surface area contributed by atoms with E-state index in [4.69, 9.17) is 9.47 Å². The molecule has 20 heavy (non-hydrogen) atoms. The van der Waals surface area contributed by atoms with E-state index in [1.54, 1.807) is 0 Å². The van der Waals surface area contributed by atoms with Crippen molar-refractivity contribution in [2.45, 2.75) is 57.6 Å². The molecular formula is C14H25NO5. The first-order valence-corrected chi connectivity index (χ1v) is 7.35. The molecule has 1 unspecified atom stereocenters. The third-order valence-electron chi connectivity index (χ3n) is 3.15. The number of aliphatic hydroxyl groups excluding tert-OH is 1. The van der Waals surface area contributed by atoms with Crippen LogP contribution in [0.1, 0.15) is 45.4 Å². The van der Waals surface area contributed by atoms with Gasteiger partial charge in [0.2, 0.25) is 5.91 Å². The highest BCUT2D eigenvalue weighted by molar-refractivity contribution is 5.88. The van der Waals surface area contributed by atoms with Gasteiger partial charge in [0.15, 0.2) is 0 Å². The Balaban J connectivity index is 2.00. The quantitative estimate of drug-likeness (QED) is 0.458. The second kappa shape index (κ2) is 9.72. The van der Waals surface area contributed by atoms with Crippen LogP contribution in [0.15, 0.2) is 0 Å².